The van der Waals surface area contributed by atoms with Crippen LogP contribution in [0.15, 0.2) is 15.8 Å². The van der Waals surface area contributed by atoms with Gasteiger partial charge in [0.1, 0.15) is 5.65 Å². The zero-order valence-electron chi connectivity index (χ0n) is 25.8. The van der Waals surface area contributed by atoms with Crippen LogP contribution in [0.2, 0.25) is 0 Å². The topological polar surface area (TPSA) is 69.2 Å². The normalized spacial score (nSPS) is 26.6. The summed E-state index contributed by atoms with van der Waals surface area (Å²) in [6, 6.07) is 0. The van der Waals surface area contributed by atoms with E-state index < -0.39 is 93.5 Å². The quantitative estimate of drug-likeness (QED) is 0.892. The highest BCUT2D eigenvalue weighted by atomic mass is 16.3. The van der Waals surface area contributed by atoms with E-state index in [0.29, 0.717) is 0 Å². The van der Waals surface area contributed by atoms with Crippen LogP contribution < -0.4 is 11.2 Å². The Morgan fingerprint density at radius 2 is 2.29 bits per heavy atom. The zero-order chi connectivity index (χ0) is 28.4. The lowest BCUT2D eigenvalue weighted by molar-refractivity contribution is 0.180. The van der Waals surface area contributed by atoms with Crippen molar-refractivity contribution in [3.63, 3.8) is 0 Å². The molecule has 0 saturated heterocycles. The first kappa shape index (κ1) is 5.12. The molecule has 0 aliphatic carbocycles. The number of aliphatic hydroxyl groups excluding tert-OH is 1. The van der Waals surface area contributed by atoms with Crippen molar-refractivity contribution in [2.75, 3.05) is 0 Å². The summed E-state index contributed by atoms with van der Waals surface area (Å²) in [5.41, 5.74) is -5.19. The first-order chi connectivity index (χ1) is 15.8. The molecule has 0 radical (unpaired) electrons. The van der Waals surface area contributed by atoms with E-state index in [1.165, 1.54) is 0 Å². The Labute approximate surface area is 144 Å². The Kier molecular flexibility index (Phi) is 1.44. The fraction of sp³-hybridized carbons (Fsp3) is 0.600. The van der Waals surface area contributed by atoms with Crippen molar-refractivity contribution >= 4 is 11.0 Å². The molecule has 1 N–H and O–H groups in total. The first-order valence-electron chi connectivity index (χ1n) is 13.5. The van der Waals surface area contributed by atoms with Gasteiger partial charge in [0.05, 0.1) is 12.9 Å². The molecule has 0 amide bonds. The Hall–Kier alpha value is -1.82. The summed E-state index contributed by atoms with van der Waals surface area (Å²) in [7, 11) is 0. The van der Waals surface area contributed by atoms with Crippen molar-refractivity contribution in [2.24, 2.45) is 14.0 Å². The number of rotatable bonds is 5. The van der Waals surface area contributed by atoms with Crippen molar-refractivity contribution in [1.82, 2.24) is 13.7 Å². The molecule has 6 nitrogen and oxygen atoms in total. The number of aryl methyl sites for hydroxylation is 3. The molecule has 21 heavy (non-hydrogen) atoms. The van der Waals surface area contributed by atoms with E-state index in [4.69, 9.17) is 20.6 Å². The van der Waals surface area contributed by atoms with Gasteiger partial charge in [-0.3, -0.25) is 13.9 Å². The van der Waals surface area contributed by atoms with E-state index in [9.17, 15) is 14.7 Å². The maximum absolute atomic E-state index is 13.2. The van der Waals surface area contributed by atoms with E-state index in [1.807, 2.05) is 0 Å². The Morgan fingerprint density at radius 1 is 1.43 bits per heavy atom. The van der Waals surface area contributed by atoms with Crippen LogP contribution in [-0.2, 0) is 20.5 Å². The van der Waals surface area contributed by atoms with Gasteiger partial charge in [-0.2, -0.15) is 0 Å². The van der Waals surface area contributed by atoms with Crippen molar-refractivity contribution in [3.8, 4) is 0 Å². The summed E-state index contributed by atoms with van der Waals surface area (Å²) in [6.07, 6.45) is -7.50. The molecule has 0 aromatic carbocycles. The lowest BCUT2D eigenvalue weighted by Gasteiger charge is -2.10. The van der Waals surface area contributed by atoms with Gasteiger partial charge in [0.15, 0.2) is 0 Å². The highest BCUT2D eigenvalue weighted by Crippen LogP contribution is 2.14. The molecule has 0 fully saturated rings. The van der Waals surface area contributed by atoms with Gasteiger partial charge in [-0.15, -0.1) is 0 Å². The predicted octanol–water partition coefficient (Wildman–Crippen LogP) is 0.898. The molecule has 0 aliphatic rings. The van der Waals surface area contributed by atoms with Crippen LogP contribution in [0.1, 0.15) is 52.2 Å². The van der Waals surface area contributed by atoms with E-state index in [2.05, 4.69) is 0 Å². The number of hydrogen-bond acceptors (Lipinski definition) is 3. The SMILES string of the molecule is [2H]c1c(C([2H])([2H])[2H])c2c(=O)n(CCCC([2H])([2H])C(O)C([2H])([2H])[2H])c(=O)n(C([2H])([2H])[2H])c2n1C([2H])([2H])[2H]. The Morgan fingerprint density at radius 3 is 2.95 bits per heavy atom. The van der Waals surface area contributed by atoms with Gasteiger partial charge in [0.2, 0.25) is 0 Å². The third-order valence-corrected chi connectivity index (χ3v) is 2.90. The number of hydrogen-bond donors (Lipinski definition) is 1. The summed E-state index contributed by atoms with van der Waals surface area (Å²) in [4.78, 5) is 26.3. The van der Waals surface area contributed by atoms with E-state index >= 15 is 0 Å². The van der Waals surface area contributed by atoms with Gasteiger partial charge < -0.3 is 9.67 Å². The number of aromatic nitrogens is 3. The average molecular weight is 308 g/mol. The molecular weight excluding hydrogens is 270 g/mol. The largest absolute Gasteiger partial charge is 0.393 e. The van der Waals surface area contributed by atoms with Crippen LogP contribution in [0.25, 0.3) is 11.0 Å². The molecule has 2 aromatic rings. The molecule has 1 atom stereocenters. The fourth-order valence-corrected chi connectivity index (χ4v) is 1.96. The molecule has 116 valence electrons. The van der Waals surface area contributed by atoms with Gasteiger partial charge in [-0.25, -0.2) is 4.79 Å². The first-order valence-corrected chi connectivity index (χ1v) is 5.95. The third kappa shape index (κ3) is 2.81. The monoisotopic (exact) mass is 308 g/mol. The van der Waals surface area contributed by atoms with Crippen LogP contribution in [0, 0.1) is 6.85 Å². The minimum Gasteiger partial charge on any atom is -0.393 e. The van der Waals surface area contributed by atoms with Gasteiger partial charge >= 0.3 is 5.69 Å². The van der Waals surface area contributed by atoms with Crippen LogP contribution >= 0.6 is 0 Å². The molecule has 0 aliphatic heterocycles. The summed E-state index contributed by atoms with van der Waals surface area (Å²) >= 11 is 0. The third-order valence-electron chi connectivity index (χ3n) is 2.90. The summed E-state index contributed by atoms with van der Waals surface area (Å²) < 4.78 is 115. The van der Waals surface area contributed by atoms with Gasteiger partial charge in [-0.05, 0) is 38.5 Å². The van der Waals surface area contributed by atoms with Crippen molar-refractivity contribution < 1.29 is 25.7 Å². The molecule has 2 rings (SSSR count). The van der Waals surface area contributed by atoms with Crippen LogP contribution in [-0.4, -0.2) is 24.9 Å². The summed E-state index contributed by atoms with van der Waals surface area (Å²) in [6.45, 7) is -13.9. The maximum Gasteiger partial charge on any atom is 0.332 e. The average Bonchev–Trinajstić information content (AvgIpc) is 2.94. The smallest absolute Gasteiger partial charge is 0.332 e. The lowest BCUT2D eigenvalue weighted by atomic mass is 10.2. The van der Waals surface area contributed by atoms with Crippen molar-refractivity contribution in [1.29, 1.82) is 0 Å². The van der Waals surface area contributed by atoms with Crippen LogP contribution in [0.3, 0.4) is 0 Å². The standard InChI is InChI=1S/C15H23N3O3/c1-10-9-16(3)13-12(10)14(20)18(15(21)17(13)4)8-6-5-7-11(2)19/h9,11,19H,5-8H2,1-4H3/i1D3,2D3,3D3,4D3,7D2,9D. The van der Waals surface area contributed by atoms with E-state index in [0.717, 1.165) is 0 Å². The molecule has 1 unspecified atom stereocenters. The maximum atomic E-state index is 13.2. The molecule has 2 heterocycles. The van der Waals surface area contributed by atoms with Gasteiger partial charge in [0.25, 0.3) is 5.56 Å². The summed E-state index contributed by atoms with van der Waals surface area (Å²) in [5.74, 6) is 0. The second kappa shape index (κ2) is 5.89. The lowest BCUT2D eigenvalue weighted by Crippen LogP contribution is -2.39. The summed E-state index contributed by atoms with van der Waals surface area (Å²) in [5, 5.41) is 8.76. The highest BCUT2D eigenvalue weighted by Gasteiger charge is 2.15. The van der Waals surface area contributed by atoms with E-state index in [-0.39, 0.29) is 13.7 Å². The van der Waals surface area contributed by atoms with Crippen molar-refractivity contribution in [3.05, 3.63) is 32.6 Å². The second-order valence-electron chi connectivity index (χ2n) is 4.31. The van der Waals surface area contributed by atoms with Crippen molar-refractivity contribution in [2.45, 2.75) is 45.6 Å². The fourth-order valence-electron chi connectivity index (χ4n) is 1.96. The second-order valence-corrected chi connectivity index (χ2v) is 4.31. The zero-order valence-corrected chi connectivity index (χ0v) is 10.8. The Bertz CT molecular complexity index is 1260. The molecule has 6 heteroatoms. The number of nitrogens with zero attached hydrogens (tertiary/aromatic N) is 3. The minimum absolute atomic E-state index is 0.00880. The predicted molar refractivity (Wildman–Crippen MR) is 82.7 cm³/mol. The molecule has 0 bridgehead atoms. The number of fused-ring (bicyclic) bond motifs is 1. The van der Waals surface area contributed by atoms with E-state index in [1.54, 1.807) is 0 Å². The van der Waals surface area contributed by atoms with Crippen LogP contribution in [0.4, 0.5) is 0 Å². The number of aliphatic hydroxyl groups is 1. The van der Waals surface area contributed by atoms with Crippen LogP contribution in [0.5, 0.6) is 0 Å². The molecule has 0 saturated carbocycles. The van der Waals surface area contributed by atoms with Gasteiger partial charge in [-0.1, -0.05) is 0 Å². The Balaban J connectivity index is 2.87. The molecular formula is C15H23N3O3. The minimum atomic E-state index is -3.43. The highest BCUT2D eigenvalue weighted by molar-refractivity contribution is 5.79. The van der Waals surface area contributed by atoms with Gasteiger partial charge in [0, 0.05) is 45.9 Å². The molecule has 0 spiro atoms. The molecule has 2 aromatic heterocycles.